The zero-order valence-corrected chi connectivity index (χ0v) is 31.8. The van der Waals surface area contributed by atoms with E-state index >= 15 is 0 Å². The van der Waals surface area contributed by atoms with Gasteiger partial charge in [-0.05, 0) is 93.3 Å². The summed E-state index contributed by atoms with van der Waals surface area (Å²) in [6.45, 7) is 39.5. The molecule has 260 valence electrons. The Bertz CT molecular complexity index is 1010. The predicted octanol–water partition coefficient (Wildman–Crippen LogP) is 12.0. The lowest BCUT2D eigenvalue weighted by atomic mass is 9.74. The second kappa shape index (κ2) is 15.7. The van der Waals surface area contributed by atoms with Crippen LogP contribution in [0.15, 0.2) is 72.9 Å². The van der Waals surface area contributed by atoms with Gasteiger partial charge in [0.1, 0.15) is 0 Å². The summed E-state index contributed by atoms with van der Waals surface area (Å²) in [5, 5.41) is 0. The minimum Gasteiger partial charge on any atom is -0.326 e. The van der Waals surface area contributed by atoms with Gasteiger partial charge in [0.05, 0.1) is 18.3 Å². The second-order valence-electron chi connectivity index (χ2n) is 16.9. The highest BCUT2D eigenvalue weighted by atomic mass is 16.9. The number of hydrogen-bond acceptors (Lipinski definition) is 3. The van der Waals surface area contributed by atoms with Crippen molar-refractivity contribution < 1.29 is 14.2 Å². The molecule has 0 radical (unpaired) electrons. The van der Waals surface area contributed by atoms with E-state index in [1.54, 1.807) is 0 Å². The molecular weight excluding hydrogens is 564 g/mol. The normalized spacial score (nSPS) is 29.5. The van der Waals surface area contributed by atoms with Crippen molar-refractivity contribution in [2.24, 2.45) is 51.8 Å². The fraction of sp³-hybridized carbons (Fsp3) is 0.721. The Morgan fingerprint density at radius 1 is 0.565 bits per heavy atom. The lowest BCUT2D eigenvalue weighted by Crippen LogP contribution is -2.42. The van der Waals surface area contributed by atoms with Gasteiger partial charge in [0, 0.05) is 17.8 Å². The molecule has 46 heavy (non-hydrogen) atoms. The van der Waals surface area contributed by atoms with E-state index in [0.29, 0.717) is 17.8 Å². The van der Waals surface area contributed by atoms with Crippen LogP contribution >= 0.6 is 0 Å². The molecule has 0 N–H and O–H groups in total. The van der Waals surface area contributed by atoms with Gasteiger partial charge in [0.25, 0.3) is 6.48 Å². The van der Waals surface area contributed by atoms with Gasteiger partial charge in [0.2, 0.25) is 0 Å². The van der Waals surface area contributed by atoms with Crippen molar-refractivity contribution in [2.75, 3.05) is 0 Å². The third-order valence-corrected chi connectivity index (χ3v) is 13.5. The summed E-state index contributed by atoms with van der Waals surface area (Å²) >= 11 is 0. The minimum absolute atomic E-state index is 0.0795. The van der Waals surface area contributed by atoms with E-state index in [0.717, 1.165) is 38.5 Å². The molecule has 3 aliphatic rings. The van der Waals surface area contributed by atoms with Crippen LogP contribution in [0.3, 0.4) is 0 Å². The van der Waals surface area contributed by atoms with Crippen LogP contribution in [-0.2, 0) is 14.2 Å². The molecule has 0 heterocycles. The average Bonchev–Trinajstić information content (AvgIpc) is 3.53. The van der Waals surface area contributed by atoms with E-state index < -0.39 is 6.48 Å². The van der Waals surface area contributed by atoms with Crippen LogP contribution in [0.4, 0.5) is 0 Å². The molecule has 0 amide bonds. The molecule has 6 unspecified atom stereocenters. The fourth-order valence-electron chi connectivity index (χ4n) is 7.77. The Hall–Kier alpha value is -1.68. The van der Waals surface area contributed by atoms with Gasteiger partial charge < -0.3 is 14.2 Å². The molecule has 3 aliphatic carbocycles. The summed E-state index contributed by atoms with van der Waals surface area (Å²) < 4.78 is 21.3. The maximum atomic E-state index is 7.09. The molecule has 0 saturated heterocycles. The molecule has 3 nitrogen and oxygen atoms in total. The first kappa shape index (κ1) is 38.8. The standard InChI is InChI=1S/C43H70O3/c1-16-28(4)37(25-34-22-19-31(7)41(34,10)11)44-40(45-38(29(5)17-2)26-35-23-20-32(8)42(35,12)13)46-39(30(6)18-3)27-36-24-21-33(9)43(36,14)15/h16-21,28-30,34-40H,1-3,22-27H2,4-15H3/t28?,29?,30?,34-,35-,36-,37?,38?,39?,40?/m0/s1. The van der Waals surface area contributed by atoms with E-state index in [-0.39, 0.29) is 52.3 Å². The molecule has 3 rings (SSSR count). The van der Waals surface area contributed by atoms with E-state index in [1.807, 2.05) is 18.2 Å². The molecule has 0 aromatic carbocycles. The molecule has 9 atom stereocenters. The fourth-order valence-corrected chi connectivity index (χ4v) is 7.77. The summed E-state index contributed by atoms with van der Waals surface area (Å²) in [6, 6.07) is 0. The van der Waals surface area contributed by atoms with Crippen LogP contribution in [0, 0.1) is 51.8 Å². The summed E-state index contributed by atoms with van der Waals surface area (Å²) in [5.41, 5.74) is 4.82. The largest absolute Gasteiger partial charge is 0.326 e. The van der Waals surface area contributed by atoms with Gasteiger partial charge >= 0.3 is 0 Å². The highest BCUT2D eigenvalue weighted by molar-refractivity contribution is 5.20. The van der Waals surface area contributed by atoms with E-state index in [9.17, 15) is 0 Å². The van der Waals surface area contributed by atoms with Gasteiger partial charge in [-0.3, -0.25) is 0 Å². The van der Waals surface area contributed by atoms with Gasteiger partial charge in [-0.25, -0.2) is 0 Å². The Labute approximate surface area is 284 Å². The molecule has 0 bridgehead atoms. The van der Waals surface area contributed by atoms with E-state index in [2.05, 4.69) is 121 Å². The predicted molar refractivity (Wildman–Crippen MR) is 197 cm³/mol. The van der Waals surface area contributed by atoms with E-state index in [4.69, 9.17) is 14.2 Å². The van der Waals surface area contributed by atoms with Crippen molar-refractivity contribution in [3.8, 4) is 0 Å². The molecule has 3 heteroatoms. The maximum absolute atomic E-state index is 7.09. The first-order valence-corrected chi connectivity index (χ1v) is 18.3. The van der Waals surface area contributed by atoms with Gasteiger partial charge in [0.15, 0.2) is 0 Å². The third kappa shape index (κ3) is 8.66. The third-order valence-electron chi connectivity index (χ3n) is 13.5. The summed E-state index contributed by atoms with van der Waals surface area (Å²) in [6.07, 6.45) is 19.1. The lowest BCUT2D eigenvalue weighted by Gasteiger charge is -2.40. The molecule has 0 aliphatic heterocycles. The van der Waals surface area contributed by atoms with Gasteiger partial charge in [-0.1, -0.05) is 115 Å². The minimum atomic E-state index is -0.803. The summed E-state index contributed by atoms with van der Waals surface area (Å²) in [4.78, 5) is 0. The monoisotopic (exact) mass is 635 g/mol. The Kier molecular flexibility index (Phi) is 13.2. The molecule has 0 saturated carbocycles. The Morgan fingerprint density at radius 2 is 0.804 bits per heavy atom. The molecule has 0 spiro atoms. The molecule has 0 aromatic heterocycles. The first-order chi connectivity index (χ1) is 21.4. The smallest absolute Gasteiger partial charge is 0.272 e. The van der Waals surface area contributed by atoms with Crippen molar-refractivity contribution in [2.45, 2.75) is 146 Å². The molecular formula is C43H70O3. The van der Waals surface area contributed by atoms with Crippen molar-refractivity contribution in [1.82, 2.24) is 0 Å². The highest BCUT2D eigenvalue weighted by Crippen LogP contribution is 2.49. The van der Waals surface area contributed by atoms with Crippen LogP contribution in [-0.4, -0.2) is 24.8 Å². The van der Waals surface area contributed by atoms with Crippen molar-refractivity contribution in [3.63, 3.8) is 0 Å². The average molecular weight is 635 g/mol. The van der Waals surface area contributed by atoms with Crippen LogP contribution in [0.2, 0.25) is 0 Å². The second-order valence-corrected chi connectivity index (χ2v) is 16.9. The quantitative estimate of drug-likeness (QED) is 0.111. The molecule has 0 aromatic rings. The number of ether oxygens (including phenoxy) is 3. The number of rotatable bonds is 18. The zero-order chi connectivity index (χ0) is 34.6. The number of allylic oxidation sites excluding steroid dienone is 6. The summed E-state index contributed by atoms with van der Waals surface area (Å²) in [5.74, 6) is 1.93. The van der Waals surface area contributed by atoms with Crippen molar-refractivity contribution >= 4 is 0 Å². The first-order valence-electron chi connectivity index (χ1n) is 18.3. The van der Waals surface area contributed by atoms with Crippen molar-refractivity contribution in [1.29, 1.82) is 0 Å². The topological polar surface area (TPSA) is 27.7 Å². The summed E-state index contributed by atoms with van der Waals surface area (Å²) in [7, 11) is 0. The van der Waals surface area contributed by atoms with Crippen LogP contribution in [0.1, 0.15) is 122 Å². The van der Waals surface area contributed by atoms with Gasteiger partial charge in [-0.15, -0.1) is 19.7 Å². The Morgan fingerprint density at radius 3 is 0.978 bits per heavy atom. The zero-order valence-electron chi connectivity index (χ0n) is 31.8. The van der Waals surface area contributed by atoms with Crippen LogP contribution < -0.4 is 0 Å². The van der Waals surface area contributed by atoms with E-state index in [1.165, 1.54) is 16.7 Å². The van der Waals surface area contributed by atoms with Crippen LogP contribution in [0.5, 0.6) is 0 Å². The van der Waals surface area contributed by atoms with Crippen molar-refractivity contribution in [3.05, 3.63) is 72.9 Å². The Balaban J connectivity index is 1.95. The highest BCUT2D eigenvalue weighted by Gasteiger charge is 2.42. The number of hydrogen-bond donors (Lipinski definition) is 0. The van der Waals surface area contributed by atoms with Gasteiger partial charge in [-0.2, -0.15) is 0 Å². The van der Waals surface area contributed by atoms with Crippen LogP contribution in [0.25, 0.3) is 0 Å². The lowest BCUT2D eigenvalue weighted by molar-refractivity contribution is -0.346. The maximum Gasteiger partial charge on any atom is 0.272 e. The SMILES string of the molecule is C=CC(C)C(C[C@@H]1CC=C(C)C1(C)C)OC(OC(C[C@@H]1CC=C(C)C1(C)C)C(C)C=C)OC(C[C@@H]1CC=C(C)C1(C)C)C(C)C=C. The molecule has 0 fully saturated rings.